The minimum Gasteiger partial charge on any atom is -0.299 e. The Morgan fingerprint density at radius 2 is 1.80 bits per heavy atom. The van der Waals surface area contributed by atoms with Gasteiger partial charge in [-0.15, -0.1) is 6.58 Å². The highest BCUT2D eigenvalue weighted by Gasteiger charge is 2.29. The van der Waals surface area contributed by atoms with Crippen molar-refractivity contribution in [3.8, 4) is 0 Å². The molecule has 1 rings (SSSR count). The van der Waals surface area contributed by atoms with E-state index in [0.717, 1.165) is 24.8 Å². The molecule has 15 heavy (non-hydrogen) atoms. The molecule has 0 bridgehead atoms. The molecule has 0 spiro atoms. The standard InChI is InChI=1S/C14H24O/c1-11(2)5-6-13(15)12-7-9-14(3,4)10-8-12/h12H,1,5-10H2,2-4H3. The van der Waals surface area contributed by atoms with Crippen LogP contribution in [0.4, 0.5) is 0 Å². The van der Waals surface area contributed by atoms with Crippen molar-refractivity contribution in [3.05, 3.63) is 12.2 Å². The molecule has 0 aromatic carbocycles. The molecule has 1 fully saturated rings. The van der Waals surface area contributed by atoms with E-state index in [9.17, 15) is 4.79 Å². The lowest BCUT2D eigenvalue weighted by Gasteiger charge is -2.33. The molecular formula is C14H24O. The van der Waals surface area contributed by atoms with Gasteiger partial charge in [0.15, 0.2) is 0 Å². The van der Waals surface area contributed by atoms with Crippen LogP contribution in [0.2, 0.25) is 0 Å². The van der Waals surface area contributed by atoms with Crippen molar-refractivity contribution in [3.63, 3.8) is 0 Å². The van der Waals surface area contributed by atoms with Crippen LogP contribution in [0.15, 0.2) is 12.2 Å². The van der Waals surface area contributed by atoms with Gasteiger partial charge in [0, 0.05) is 12.3 Å². The van der Waals surface area contributed by atoms with E-state index in [-0.39, 0.29) is 0 Å². The van der Waals surface area contributed by atoms with Gasteiger partial charge in [-0.05, 0) is 44.4 Å². The van der Waals surface area contributed by atoms with E-state index in [1.807, 2.05) is 6.92 Å². The maximum Gasteiger partial charge on any atom is 0.136 e. The predicted octanol–water partition coefficient (Wildman–Crippen LogP) is 4.13. The third-order valence-electron chi connectivity index (χ3n) is 3.59. The Morgan fingerprint density at radius 1 is 1.27 bits per heavy atom. The number of carbonyl (C=O) groups is 1. The SMILES string of the molecule is C=C(C)CCC(=O)C1CCC(C)(C)CC1. The zero-order chi connectivity index (χ0) is 11.5. The molecule has 0 N–H and O–H groups in total. The van der Waals surface area contributed by atoms with Crippen molar-refractivity contribution < 1.29 is 4.79 Å². The van der Waals surface area contributed by atoms with Crippen molar-refractivity contribution in [1.82, 2.24) is 0 Å². The highest BCUT2D eigenvalue weighted by atomic mass is 16.1. The van der Waals surface area contributed by atoms with Gasteiger partial charge in [-0.3, -0.25) is 4.79 Å². The molecule has 1 heteroatoms. The Hall–Kier alpha value is -0.590. The fourth-order valence-electron chi connectivity index (χ4n) is 2.26. The maximum absolute atomic E-state index is 11.9. The van der Waals surface area contributed by atoms with Gasteiger partial charge >= 0.3 is 0 Å². The second kappa shape index (κ2) is 4.96. The summed E-state index contributed by atoms with van der Waals surface area (Å²) in [5.41, 5.74) is 1.59. The van der Waals surface area contributed by atoms with Gasteiger partial charge in [0.1, 0.15) is 5.78 Å². The molecule has 0 aliphatic heterocycles. The summed E-state index contributed by atoms with van der Waals surface area (Å²) in [7, 11) is 0. The first-order valence-corrected chi connectivity index (χ1v) is 6.08. The lowest BCUT2D eigenvalue weighted by Crippen LogP contribution is -2.26. The fourth-order valence-corrected chi connectivity index (χ4v) is 2.26. The largest absolute Gasteiger partial charge is 0.299 e. The molecule has 0 saturated heterocycles. The Bertz CT molecular complexity index is 240. The van der Waals surface area contributed by atoms with Crippen LogP contribution in [-0.4, -0.2) is 5.78 Å². The highest BCUT2D eigenvalue weighted by Crippen LogP contribution is 2.38. The van der Waals surface area contributed by atoms with Crippen LogP contribution in [0.1, 0.15) is 59.3 Å². The summed E-state index contributed by atoms with van der Waals surface area (Å²) in [6.07, 6.45) is 6.19. The monoisotopic (exact) mass is 208 g/mol. The van der Waals surface area contributed by atoms with Crippen molar-refractivity contribution >= 4 is 5.78 Å². The van der Waals surface area contributed by atoms with Crippen molar-refractivity contribution in [2.24, 2.45) is 11.3 Å². The maximum atomic E-state index is 11.9. The first kappa shape index (κ1) is 12.5. The van der Waals surface area contributed by atoms with E-state index in [0.29, 0.717) is 23.5 Å². The molecule has 1 nitrogen and oxygen atoms in total. The number of Topliss-reactive ketones (excluding diaryl/α,β-unsaturated/α-hetero) is 1. The van der Waals surface area contributed by atoms with Crippen LogP contribution in [0, 0.1) is 11.3 Å². The van der Waals surface area contributed by atoms with Crippen LogP contribution in [0.3, 0.4) is 0 Å². The van der Waals surface area contributed by atoms with E-state index < -0.39 is 0 Å². The summed E-state index contributed by atoms with van der Waals surface area (Å²) in [5.74, 6) is 0.811. The predicted molar refractivity (Wildman–Crippen MR) is 64.8 cm³/mol. The quantitative estimate of drug-likeness (QED) is 0.635. The molecule has 0 unspecified atom stereocenters. The smallest absolute Gasteiger partial charge is 0.136 e. The normalized spacial score (nSPS) is 21.3. The minimum absolute atomic E-state index is 0.345. The summed E-state index contributed by atoms with van der Waals surface area (Å²) in [6.45, 7) is 10.5. The zero-order valence-corrected chi connectivity index (χ0v) is 10.4. The third-order valence-corrected chi connectivity index (χ3v) is 3.59. The second-order valence-electron chi connectivity index (χ2n) is 5.86. The summed E-state index contributed by atoms with van der Waals surface area (Å²) in [4.78, 5) is 11.9. The summed E-state index contributed by atoms with van der Waals surface area (Å²) >= 11 is 0. The van der Waals surface area contributed by atoms with Gasteiger partial charge in [-0.25, -0.2) is 0 Å². The number of hydrogen-bond donors (Lipinski definition) is 0. The molecule has 1 aliphatic carbocycles. The summed E-state index contributed by atoms with van der Waals surface area (Å²) < 4.78 is 0. The Balaban J connectivity index is 2.33. The van der Waals surface area contributed by atoms with Gasteiger partial charge in [-0.1, -0.05) is 19.4 Å². The fraction of sp³-hybridized carbons (Fsp3) is 0.786. The summed E-state index contributed by atoms with van der Waals surface area (Å²) in [6, 6.07) is 0. The lowest BCUT2D eigenvalue weighted by atomic mass is 9.71. The van der Waals surface area contributed by atoms with E-state index >= 15 is 0 Å². The van der Waals surface area contributed by atoms with Crippen LogP contribution in [-0.2, 0) is 4.79 Å². The number of carbonyl (C=O) groups excluding carboxylic acids is 1. The van der Waals surface area contributed by atoms with Crippen LogP contribution in [0.5, 0.6) is 0 Å². The molecule has 1 saturated carbocycles. The molecule has 0 amide bonds. The molecule has 0 aromatic rings. The average Bonchev–Trinajstić information content (AvgIpc) is 2.14. The average molecular weight is 208 g/mol. The van der Waals surface area contributed by atoms with Gasteiger partial charge < -0.3 is 0 Å². The Kier molecular flexibility index (Phi) is 4.12. The number of ketones is 1. The molecule has 0 heterocycles. The van der Waals surface area contributed by atoms with Crippen molar-refractivity contribution in [2.45, 2.75) is 59.3 Å². The van der Waals surface area contributed by atoms with Gasteiger partial charge in [0.25, 0.3) is 0 Å². The van der Waals surface area contributed by atoms with Crippen molar-refractivity contribution in [1.29, 1.82) is 0 Å². The molecule has 1 aliphatic rings. The molecule has 86 valence electrons. The Morgan fingerprint density at radius 3 is 2.27 bits per heavy atom. The van der Waals surface area contributed by atoms with E-state index in [1.165, 1.54) is 12.8 Å². The third kappa shape index (κ3) is 4.19. The van der Waals surface area contributed by atoms with Gasteiger partial charge in [-0.2, -0.15) is 0 Å². The molecule has 0 radical (unpaired) electrons. The zero-order valence-electron chi connectivity index (χ0n) is 10.4. The minimum atomic E-state index is 0.345. The summed E-state index contributed by atoms with van der Waals surface area (Å²) in [5, 5.41) is 0. The topological polar surface area (TPSA) is 17.1 Å². The van der Waals surface area contributed by atoms with E-state index in [4.69, 9.17) is 0 Å². The van der Waals surface area contributed by atoms with Crippen molar-refractivity contribution in [2.75, 3.05) is 0 Å². The first-order chi connectivity index (χ1) is 6.91. The van der Waals surface area contributed by atoms with Crippen LogP contribution >= 0.6 is 0 Å². The highest BCUT2D eigenvalue weighted by molar-refractivity contribution is 5.81. The molecule has 0 aromatic heterocycles. The first-order valence-electron chi connectivity index (χ1n) is 6.08. The van der Waals surface area contributed by atoms with Gasteiger partial charge in [0.2, 0.25) is 0 Å². The molecule has 0 atom stereocenters. The number of allylic oxidation sites excluding steroid dienone is 1. The Labute approximate surface area is 93.9 Å². The van der Waals surface area contributed by atoms with Crippen LogP contribution < -0.4 is 0 Å². The van der Waals surface area contributed by atoms with E-state index in [2.05, 4.69) is 20.4 Å². The molecular weight excluding hydrogens is 184 g/mol. The van der Waals surface area contributed by atoms with E-state index in [1.54, 1.807) is 0 Å². The number of hydrogen-bond acceptors (Lipinski definition) is 1. The number of rotatable bonds is 4. The lowest BCUT2D eigenvalue weighted by molar-refractivity contribution is -0.124. The second-order valence-corrected chi connectivity index (χ2v) is 5.86. The van der Waals surface area contributed by atoms with Crippen LogP contribution in [0.25, 0.3) is 0 Å². The van der Waals surface area contributed by atoms with Gasteiger partial charge in [0.05, 0.1) is 0 Å².